The van der Waals surface area contributed by atoms with Crippen molar-refractivity contribution in [1.82, 2.24) is 9.97 Å². The van der Waals surface area contributed by atoms with E-state index in [2.05, 4.69) is 15.3 Å². The van der Waals surface area contributed by atoms with Crippen molar-refractivity contribution in [2.75, 3.05) is 11.9 Å². The predicted molar refractivity (Wildman–Crippen MR) is 81.8 cm³/mol. The number of carbonyl (C=O) groups excluding carboxylic acids is 1. The van der Waals surface area contributed by atoms with E-state index in [1.807, 2.05) is 6.92 Å². The molecular weight excluding hydrogens is 353 g/mol. The highest BCUT2D eigenvalue weighted by Crippen LogP contribution is 2.35. The van der Waals surface area contributed by atoms with Crippen molar-refractivity contribution in [3.63, 3.8) is 0 Å². The number of nitrogens with zero attached hydrogens (tertiary/aromatic N) is 2. The van der Waals surface area contributed by atoms with Crippen LogP contribution >= 0.6 is 22.9 Å². The largest absolute Gasteiger partial charge is 0.418 e. The number of nitrogens with two attached hydrogens (primary N) is 1. The Bertz CT molecular complexity index is 719. The first-order valence-electron chi connectivity index (χ1n) is 6.42. The number of thiazole rings is 1. The summed E-state index contributed by atoms with van der Waals surface area (Å²) in [4.78, 5) is 20.1. The molecule has 0 saturated carbocycles. The Morgan fingerprint density at radius 3 is 2.74 bits per heavy atom. The highest BCUT2D eigenvalue weighted by molar-refractivity contribution is 7.13. The summed E-state index contributed by atoms with van der Waals surface area (Å²) >= 11 is 6.60. The summed E-state index contributed by atoms with van der Waals surface area (Å²) in [6.07, 6.45) is -2.44. The number of amides is 1. The minimum absolute atomic E-state index is 0.00737. The Balaban J connectivity index is 2.19. The van der Waals surface area contributed by atoms with Crippen LogP contribution in [0.3, 0.4) is 0 Å². The third kappa shape index (κ3) is 4.18. The molecule has 0 aliphatic heterocycles. The van der Waals surface area contributed by atoms with E-state index in [0.717, 1.165) is 17.5 Å². The van der Waals surface area contributed by atoms with Gasteiger partial charge in [-0.3, -0.25) is 4.79 Å². The summed E-state index contributed by atoms with van der Waals surface area (Å²) in [6.45, 7) is 2.24. The molecule has 0 aromatic carbocycles. The van der Waals surface area contributed by atoms with Gasteiger partial charge in [-0.1, -0.05) is 18.5 Å². The van der Waals surface area contributed by atoms with E-state index in [4.69, 9.17) is 17.3 Å². The number of nitrogens with one attached hydrogen (secondary N) is 1. The van der Waals surface area contributed by atoms with Gasteiger partial charge in [-0.15, -0.1) is 11.3 Å². The molecule has 0 saturated heterocycles. The number of carbonyl (C=O) groups is 1. The van der Waals surface area contributed by atoms with Gasteiger partial charge in [0.1, 0.15) is 10.7 Å². The Hall–Kier alpha value is -1.71. The van der Waals surface area contributed by atoms with Crippen molar-refractivity contribution in [3.05, 3.63) is 38.9 Å². The molecule has 3 N–H and O–H groups in total. The molecule has 2 aromatic heterocycles. The number of pyridine rings is 1. The minimum atomic E-state index is -4.63. The van der Waals surface area contributed by atoms with Crippen molar-refractivity contribution in [2.45, 2.75) is 19.0 Å². The minimum Gasteiger partial charge on any atom is -0.330 e. The SMILES string of the molecule is C[C@@H](CN)c1ncc(C(=O)Nc2cc(C(F)(F)F)c(Cl)cn2)s1. The highest BCUT2D eigenvalue weighted by atomic mass is 35.5. The Morgan fingerprint density at radius 1 is 1.43 bits per heavy atom. The molecule has 23 heavy (non-hydrogen) atoms. The normalized spacial score (nSPS) is 13.0. The number of alkyl halides is 3. The Morgan fingerprint density at radius 2 is 2.13 bits per heavy atom. The lowest BCUT2D eigenvalue weighted by Gasteiger charge is -2.10. The number of hydrogen-bond donors (Lipinski definition) is 2. The molecule has 2 rings (SSSR count). The van der Waals surface area contributed by atoms with Crippen molar-refractivity contribution in [1.29, 1.82) is 0 Å². The lowest BCUT2D eigenvalue weighted by molar-refractivity contribution is -0.137. The number of rotatable bonds is 4. The maximum absolute atomic E-state index is 12.8. The van der Waals surface area contributed by atoms with E-state index in [0.29, 0.717) is 17.6 Å². The third-order valence-corrected chi connectivity index (χ3v) is 4.45. The summed E-state index contributed by atoms with van der Waals surface area (Å²) in [5.41, 5.74) is 4.46. The fraction of sp³-hybridized carbons (Fsp3) is 0.308. The lowest BCUT2D eigenvalue weighted by atomic mass is 10.2. The van der Waals surface area contributed by atoms with Crippen molar-refractivity contribution >= 4 is 34.7 Å². The van der Waals surface area contributed by atoms with Crippen molar-refractivity contribution in [3.8, 4) is 0 Å². The average molecular weight is 365 g/mol. The number of hydrogen-bond acceptors (Lipinski definition) is 5. The molecule has 10 heteroatoms. The van der Waals surface area contributed by atoms with Gasteiger partial charge in [0.15, 0.2) is 0 Å². The van der Waals surface area contributed by atoms with Gasteiger partial charge < -0.3 is 11.1 Å². The highest BCUT2D eigenvalue weighted by Gasteiger charge is 2.34. The Kier molecular flexibility index (Phi) is 5.23. The second-order valence-corrected chi connectivity index (χ2v) is 6.17. The van der Waals surface area contributed by atoms with Crippen LogP contribution in [0.4, 0.5) is 19.0 Å². The van der Waals surface area contributed by atoms with E-state index in [1.165, 1.54) is 6.20 Å². The lowest BCUT2D eigenvalue weighted by Crippen LogP contribution is -2.13. The van der Waals surface area contributed by atoms with E-state index < -0.39 is 22.7 Å². The smallest absolute Gasteiger partial charge is 0.330 e. The van der Waals surface area contributed by atoms with Gasteiger partial charge in [0.25, 0.3) is 5.91 Å². The first-order valence-corrected chi connectivity index (χ1v) is 7.61. The van der Waals surface area contributed by atoms with Crippen LogP contribution in [-0.4, -0.2) is 22.4 Å². The summed E-state index contributed by atoms with van der Waals surface area (Å²) in [7, 11) is 0. The second kappa shape index (κ2) is 6.81. The standard InChI is InChI=1S/C13H12ClF3N4OS/c1-6(3-18)12-20-5-9(23-12)11(22)21-10-2-7(13(15,16)17)8(14)4-19-10/h2,4-6H,3,18H2,1H3,(H,19,21,22)/t6-/m0/s1. The molecule has 0 radical (unpaired) electrons. The predicted octanol–water partition coefficient (Wildman–Crippen LogP) is 3.52. The van der Waals surface area contributed by atoms with E-state index in [9.17, 15) is 18.0 Å². The van der Waals surface area contributed by atoms with Gasteiger partial charge in [-0.05, 0) is 6.07 Å². The van der Waals surface area contributed by atoms with Gasteiger partial charge in [-0.2, -0.15) is 13.2 Å². The van der Waals surface area contributed by atoms with Crippen molar-refractivity contribution in [2.24, 2.45) is 5.73 Å². The number of anilines is 1. The third-order valence-electron chi connectivity index (χ3n) is 2.92. The fourth-order valence-electron chi connectivity index (χ4n) is 1.62. The zero-order chi connectivity index (χ0) is 17.2. The van der Waals surface area contributed by atoms with Gasteiger partial charge in [0, 0.05) is 18.7 Å². The van der Waals surface area contributed by atoms with Crippen LogP contribution in [0.5, 0.6) is 0 Å². The summed E-state index contributed by atoms with van der Waals surface area (Å²) < 4.78 is 38.3. The van der Waals surface area contributed by atoms with Crippen LogP contribution in [0.25, 0.3) is 0 Å². The molecule has 2 heterocycles. The van der Waals surface area contributed by atoms with Gasteiger partial charge >= 0.3 is 6.18 Å². The molecule has 0 fully saturated rings. The quantitative estimate of drug-likeness (QED) is 0.869. The van der Waals surface area contributed by atoms with Gasteiger partial charge in [0.2, 0.25) is 0 Å². The maximum atomic E-state index is 12.8. The number of halogens is 4. The first kappa shape index (κ1) is 17.6. The molecule has 1 amide bonds. The average Bonchev–Trinajstić information content (AvgIpc) is 2.97. The maximum Gasteiger partial charge on any atom is 0.418 e. The zero-order valence-electron chi connectivity index (χ0n) is 11.8. The van der Waals surface area contributed by atoms with Gasteiger partial charge in [-0.25, -0.2) is 9.97 Å². The van der Waals surface area contributed by atoms with E-state index >= 15 is 0 Å². The Labute approximate surface area is 138 Å². The monoisotopic (exact) mass is 364 g/mol. The fourth-order valence-corrected chi connectivity index (χ4v) is 2.71. The molecule has 0 unspecified atom stereocenters. The molecule has 124 valence electrons. The molecule has 0 spiro atoms. The number of aromatic nitrogens is 2. The van der Waals surface area contributed by atoms with E-state index in [1.54, 1.807) is 0 Å². The van der Waals surface area contributed by atoms with Gasteiger partial charge in [0.05, 0.1) is 21.8 Å². The van der Waals surface area contributed by atoms with Crippen LogP contribution < -0.4 is 11.1 Å². The molecule has 0 aliphatic rings. The first-order chi connectivity index (χ1) is 10.7. The molecule has 0 bridgehead atoms. The summed E-state index contributed by atoms with van der Waals surface area (Å²) in [5.74, 6) is -0.846. The van der Waals surface area contributed by atoms with Crippen LogP contribution in [-0.2, 0) is 6.18 Å². The second-order valence-electron chi connectivity index (χ2n) is 4.70. The topological polar surface area (TPSA) is 80.9 Å². The van der Waals surface area contributed by atoms with Crippen LogP contribution in [0, 0.1) is 0 Å². The molecule has 5 nitrogen and oxygen atoms in total. The van der Waals surface area contributed by atoms with E-state index in [-0.39, 0.29) is 16.6 Å². The molecular formula is C13H12ClF3N4OS. The summed E-state index contributed by atoms with van der Waals surface area (Å²) in [5, 5.41) is 2.44. The van der Waals surface area contributed by atoms with Crippen LogP contribution in [0.2, 0.25) is 5.02 Å². The zero-order valence-corrected chi connectivity index (χ0v) is 13.4. The molecule has 0 aliphatic carbocycles. The molecule has 1 atom stereocenters. The van der Waals surface area contributed by atoms with Crippen molar-refractivity contribution < 1.29 is 18.0 Å². The van der Waals surface area contributed by atoms with Crippen LogP contribution in [0.1, 0.15) is 33.1 Å². The molecule has 2 aromatic rings. The summed E-state index contributed by atoms with van der Waals surface area (Å²) in [6, 6.07) is 0.685. The van der Waals surface area contributed by atoms with Crippen LogP contribution in [0.15, 0.2) is 18.5 Å².